The third kappa shape index (κ3) is 2.96. The number of hydrogen-bond donors (Lipinski definition) is 1. The monoisotopic (exact) mass is 365 g/mol. The van der Waals surface area contributed by atoms with E-state index in [2.05, 4.69) is 104 Å². The minimum absolute atomic E-state index is 0.372. The molecule has 1 heteroatoms. The van der Waals surface area contributed by atoms with Crippen LogP contribution in [0.2, 0.25) is 0 Å². The van der Waals surface area contributed by atoms with Crippen molar-refractivity contribution >= 4 is 5.69 Å². The van der Waals surface area contributed by atoms with Crippen molar-refractivity contribution in [3.63, 3.8) is 0 Å². The molecule has 1 nitrogen and oxygen atoms in total. The Labute approximate surface area is 168 Å². The molecule has 0 saturated carbocycles. The minimum atomic E-state index is 0.372. The van der Waals surface area contributed by atoms with Crippen LogP contribution in [0.5, 0.6) is 0 Å². The van der Waals surface area contributed by atoms with Gasteiger partial charge in [-0.3, -0.25) is 0 Å². The summed E-state index contributed by atoms with van der Waals surface area (Å²) in [5.41, 5.74) is 8.13. The van der Waals surface area contributed by atoms with Crippen molar-refractivity contribution in [3.8, 4) is 11.1 Å². The third-order valence-electron chi connectivity index (χ3n) is 6.43. The second kappa shape index (κ2) is 6.98. The van der Waals surface area contributed by atoms with Gasteiger partial charge in [-0.2, -0.15) is 0 Å². The van der Waals surface area contributed by atoms with Gasteiger partial charge in [0.2, 0.25) is 0 Å². The van der Waals surface area contributed by atoms with Gasteiger partial charge < -0.3 is 5.32 Å². The van der Waals surface area contributed by atoms with Crippen LogP contribution >= 0.6 is 0 Å². The van der Waals surface area contributed by atoms with Crippen molar-refractivity contribution in [1.29, 1.82) is 0 Å². The second-order valence-electron chi connectivity index (χ2n) is 8.46. The fourth-order valence-electron chi connectivity index (χ4n) is 4.82. The molecule has 0 unspecified atom stereocenters. The van der Waals surface area contributed by atoms with Crippen LogP contribution in [0.4, 0.5) is 5.69 Å². The van der Waals surface area contributed by atoms with Crippen LogP contribution in [0.25, 0.3) is 11.1 Å². The zero-order valence-electron chi connectivity index (χ0n) is 16.6. The molecule has 1 heterocycles. The molecule has 0 amide bonds. The Bertz CT molecular complexity index is 998. The number of allylic oxidation sites excluding steroid dienone is 2. The maximum absolute atomic E-state index is 3.87. The molecule has 0 spiro atoms. The molecule has 2 aliphatic rings. The van der Waals surface area contributed by atoms with Gasteiger partial charge in [-0.25, -0.2) is 0 Å². The number of anilines is 1. The summed E-state index contributed by atoms with van der Waals surface area (Å²) in [6.07, 6.45) is 5.94. The molecule has 140 valence electrons. The number of hydrogen-bond acceptors (Lipinski definition) is 1. The SMILES string of the molecule is CC(C)c1ccc([C@@H]2Nc3ccc(-c4ccccc4)cc3[C@H]3C=CC[C@H]32)cc1. The molecule has 1 aliphatic carbocycles. The van der Waals surface area contributed by atoms with Gasteiger partial charge in [0.1, 0.15) is 0 Å². The van der Waals surface area contributed by atoms with Crippen LogP contribution in [0.3, 0.4) is 0 Å². The van der Waals surface area contributed by atoms with Crippen LogP contribution in [0.15, 0.2) is 84.9 Å². The van der Waals surface area contributed by atoms with Crippen molar-refractivity contribution in [3.05, 3.63) is 102 Å². The lowest BCUT2D eigenvalue weighted by molar-refractivity contribution is 0.425. The molecule has 1 aliphatic heterocycles. The quantitative estimate of drug-likeness (QED) is 0.480. The Morgan fingerprint density at radius 1 is 0.857 bits per heavy atom. The molecule has 5 rings (SSSR count). The maximum Gasteiger partial charge on any atom is 0.0553 e. The average molecular weight is 366 g/mol. The van der Waals surface area contributed by atoms with E-state index in [1.54, 1.807) is 0 Å². The predicted octanol–water partition coefficient (Wildman–Crippen LogP) is 7.30. The highest BCUT2D eigenvalue weighted by molar-refractivity contribution is 5.71. The molecule has 3 aromatic carbocycles. The lowest BCUT2D eigenvalue weighted by Gasteiger charge is -2.38. The summed E-state index contributed by atoms with van der Waals surface area (Å²) in [6, 6.07) is 27.2. The molecule has 3 aromatic rings. The van der Waals surface area contributed by atoms with Crippen molar-refractivity contribution in [2.75, 3.05) is 5.32 Å². The lowest BCUT2D eigenvalue weighted by Crippen LogP contribution is -2.29. The fourth-order valence-corrected chi connectivity index (χ4v) is 4.82. The van der Waals surface area contributed by atoms with Gasteiger partial charge >= 0.3 is 0 Å². The van der Waals surface area contributed by atoms with Gasteiger partial charge in [0, 0.05) is 11.6 Å². The van der Waals surface area contributed by atoms with E-state index in [9.17, 15) is 0 Å². The third-order valence-corrected chi connectivity index (χ3v) is 6.43. The number of rotatable bonds is 3. The van der Waals surface area contributed by atoms with Crippen molar-refractivity contribution in [1.82, 2.24) is 0 Å². The van der Waals surface area contributed by atoms with Gasteiger partial charge in [0.25, 0.3) is 0 Å². The van der Waals surface area contributed by atoms with Crippen molar-refractivity contribution in [2.45, 2.75) is 38.1 Å². The number of fused-ring (bicyclic) bond motifs is 3. The first-order valence-corrected chi connectivity index (χ1v) is 10.4. The van der Waals surface area contributed by atoms with Gasteiger partial charge in [-0.1, -0.05) is 86.7 Å². The molecule has 1 N–H and O–H groups in total. The zero-order valence-corrected chi connectivity index (χ0v) is 16.6. The average Bonchev–Trinajstić information content (AvgIpc) is 3.24. The van der Waals surface area contributed by atoms with Crippen molar-refractivity contribution < 1.29 is 0 Å². The molecule has 28 heavy (non-hydrogen) atoms. The molecule has 0 aromatic heterocycles. The Balaban J connectivity index is 1.51. The zero-order chi connectivity index (χ0) is 19.1. The van der Waals surface area contributed by atoms with E-state index in [0.717, 1.165) is 6.42 Å². The summed E-state index contributed by atoms with van der Waals surface area (Å²) in [4.78, 5) is 0. The van der Waals surface area contributed by atoms with Gasteiger partial charge in [0.15, 0.2) is 0 Å². The second-order valence-corrected chi connectivity index (χ2v) is 8.46. The highest BCUT2D eigenvalue weighted by atomic mass is 15.0. The topological polar surface area (TPSA) is 12.0 Å². The van der Waals surface area contributed by atoms with E-state index in [1.807, 2.05) is 0 Å². The van der Waals surface area contributed by atoms with Crippen LogP contribution in [0.1, 0.15) is 54.8 Å². The van der Waals surface area contributed by atoms with E-state index in [4.69, 9.17) is 0 Å². The molecular weight excluding hydrogens is 338 g/mol. The van der Waals surface area contributed by atoms with Gasteiger partial charge in [-0.05, 0) is 58.2 Å². The smallest absolute Gasteiger partial charge is 0.0553 e. The summed E-state index contributed by atoms with van der Waals surface area (Å²) in [6.45, 7) is 4.51. The Kier molecular flexibility index (Phi) is 4.31. The van der Waals surface area contributed by atoms with Crippen LogP contribution < -0.4 is 5.32 Å². The largest absolute Gasteiger partial charge is 0.378 e. The standard InChI is InChI=1S/C27H27N/c1-18(2)19-11-13-21(14-12-19)27-24-10-6-9-23(24)25-17-22(15-16-26(25)28-27)20-7-4-3-5-8-20/h3-9,11-18,23-24,27-28H,10H2,1-2H3/t23-,24+,27-/m0/s1. The molecule has 0 saturated heterocycles. The van der Waals surface area contributed by atoms with E-state index in [-0.39, 0.29) is 0 Å². The molecule has 0 radical (unpaired) electrons. The molecule has 0 fully saturated rings. The summed E-state index contributed by atoms with van der Waals surface area (Å²) in [7, 11) is 0. The van der Waals surface area contributed by atoms with Gasteiger partial charge in [0.05, 0.1) is 6.04 Å². The Morgan fingerprint density at radius 3 is 2.39 bits per heavy atom. The predicted molar refractivity (Wildman–Crippen MR) is 119 cm³/mol. The van der Waals surface area contributed by atoms with Gasteiger partial charge in [-0.15, -0.1) is 0 Å². The first-order chi connectivity index (χ1) is 13.7. The molecular formula is C27H27N. The van der Waals surface area contributed by atoms with E-state index in [0.29, 0.717) is 23.8 Å². The van der Waals surface area contributed by atoms with E-state index in [1.165, 1.54) is 33.5 Å². The first-order valence-electron chi connectivity index (χ1n) is 10.4. The summed E-state index contributed by atoms with van der Waals surface area (Å²) in [5, 5.41) is 3.87. The lowest BCUT2D eigenvalue weighted by atomic mass is 9.76. The molecule has 0 bridgehead atoms. The Hall–Kier alpha value is -2.80. The Morgan fingerprint density at radius 2 is 1.64 bits per heavy atom. The number of benzene rings is 3. The summed E-state index contributed by atoms with van der Waals surface area (Å²) in [5.74, 6) is 1.66. The van der Waals surface area contributed by atoms with Crippen LogP contribution in [-0.4, -0.2) is 0 Å². The molecule has 3 atom stereocenters. The summed E-state index contributed by atoms with van der Waals surface area (Å²) >= 11 is 0. The number of nitrogens with one attached hydrogen (secondary N) is 1. The highest BCUT2D eigenvalue weighted by Crippen LogP contribution is 2.50. The van der Waals surface area contributed by atoms with E-state index < -0.39 is 0 Å². The van der Waals surface area contributed by atoms with Crippen LogP contribution in [-0.2, 0) is 0 Å². The summed E-state index contributed by atoms with van der Waals surface area (Å²) < 4.78 is 0. The highest BCUT2D eigenvalue weighted by Gasteiger charge is 2.37. The van der Waals surface area contributed by atoms with E-state index >= 15 is 0 Å². The first kappa shape index (κ1) is 17.3. The maximum atomic E-state index is 3.87. The van der Waals surface area contributed by atoms with Crippen LogP contribution in [0, 0.1) is 5.92 Å². The fraction of sp³-hybridized carbons (Fsp3) is 0.259. The van der Waals surface area contributed by atoms with Crippen molar-refractivity contribution in [2.24, 2.45) is 5.92 Å². The minimum Gasteiger partial charge on any atom is -0.378 e. The normalized spacial score (nSPS) is 22.6.